The molecule has 2 unspecified atom stereocenters. The number of nitrogen functional groups attached to an aromatic ring is 1. The maximum Gasteiger partial charge on any atom is 0.243 e. The van der Waals surface area contributed by atoms with Crippen LogP contribution in [0.3, 0.4) is 0 Å². The topological polar surface area (TPSA) is 63.4 Å². The standard InChI is InChI=1S/C16H24N2O2S/c1-2-12-8-9-14(17)11-16(12)21(19,20)18-10-4-6-13-5-3-7-15(13)18/h8-9,11,13,15H,2-7,10,17H2,1H3. The average Bonchev–Trinajstić information content (AvgIpc) is 2.95. The third-order valence-electron chi connectivity index (χ3n) is 5.00. The van der Waals surface area contributed by atoms with Crippen molar-refractivity contribution in [1.29, 1.82) is 0 Å². The lowest BCUT2D eigenvalue weighted by Gasteiger charge is -2.37. The van der Waals surface area contributed by atoms with Crippen LogP contribution in [0.2, 0.25) is 0 Å². The Morgan fingerprint density at radius 3 is 2.76 bits per heavy atom. The normalized spacial score (nSPS) is 26.7. The predicted octanol–water partition coefficient (Wildman–Crippen LogP) is 2.78. The summed E-state index contributed by atoms with van der Waals surface area (Å²) in [6.45, 7) is 2.64. The van der Waals surface area contributed by atoms with Crippen molar-refractivity contribution in [3.63, 3.8) is 0 Å². The highest BCUT2D eigenvalue weighted by Gasteiger charge is 2.41. The Morgan fingerprint density at radius 2 is 2.00 bits per heavy atom. The van der Waals surface area contributed by atoms with Gasteiger partial charge in [0.15, 0.2) is 0 Å². The van der Waals surface area contributed by atoms with Gasteiger partial charge in [-0.25, -0.2) is 8.42 Å². The van der Waals surface area contributed by atoms with Gasteiger partial charge in [-0.2, -0.15) is 4.31 Å². The Bertz CT molecular complexity index is 627. The predicted molar refractivity (Wildman–Crippen MR) is 84.5 cm³/mol. The van der Waals surface area contributed by atoms with Gasteiger partial charge in [0.1, 0.15) is 0 Å². The van der Waals surface area contributed by atoms with E-state index in [1.807, 2.05) is 13.0 Å². The molecule has 2 N–H and O–H groups in total. The molecule has 0 bridgehead atoms. The minimum Gasteiger partial charge on any atom is -0.399 e. The zero-order valence-electron chi connectivity index (χ0n) is 12.6. The van der Waals surface area contributed by atoms with Crippen molar-refractivity contribution in [2.75, 3.05) is 12.3 Å². The van der Waals surface area contributed by atoms with Gasteiger partial charge in [0.25, 0.3) is 0 Å². The van der Waals surface area contributed by atoms with E-state index in [9.17, 15) is 8.42 Å². The molecule has 5 heteroatoms. The number of hydrogen-bond donors (Lipinski definition) is 1. The fourth-order valence-electron chi connectivity index (χ4n) is 3.94. The summed E-state index contributed by atoms with van der Waals surface area (Å²) >= 11 is 0. The van der Waals surface area contributed by atoms with Crippen LogP contribution in [0.4, 0.5) is 5.69 Å². The summed E-state index contributed by atoms with van der Waals surface area (Å²) in [6, 6.07) is 5.46. The van der Waals surface area contributed by atoms with Crippen molar-refractivity contribution in [1.82, 2.24) is 4.31 Å². The lowest BCUT2D eigenvalue weighted by atomic mass is 9.94. The molecule has 116 valence electrons. The van der Waals surface area contributed by atoms with E-state index < -0.39 is 10.0 Å². The summed E-state index contributed by atoms with van der Waals surface area (Å²) in [5, 5.41) is 0. The van der Waals surface area contributed by atoms with E-state index >= 15 is 0 Å². The smallest absolute Gasteiger partial charge is 0.243 e. The maximum absolute atomic E-state index is 13.1. The summed E-state index contributed by atoms with van der Waals surface area (Å²) in [4.78, 5) is 0.414. The van der Waals surface area contributed by atoms with Crippen molar-refractivity contribution in [2.45, 2.75) is 56.4 Å². The molecule has 1 aliphatic heterocycles. The van der Waals surface area contributed by atoms with Crippen molar-refractivity contribution in [2.24, 2.45) is 5.92 Å². The summed E-state index contributed by atoms with van der Waals surface area (Å²) in [6.07, 6.45) is 6.19. The highest BCUT2D eigenvalue weighted by molar-refractivity contribution is 7.89. The number of aryl methyl sites for hydroxylation is 1. The first-order chi connectivity index (χ1) is 10.0. The molecular formula is C16H24N2O2S. The number of rotatable bonds is 3. The molecule has 0 aromatic heterocycles. The molecule has 0 spiro atoms. The zero-order valence-corrected chi connectivity index (χ0v) is 13.4. The van der Waals surface area contributed by atoms with Crippen molar-refractivity contribution < 1.29 is 8.42 Å². The van der Waals surface area contributed by atoms with E-state index in [2.05, 4.69) is 0 Å². The highest BCUT2D eigenvalue weighted by atomic mass is 32.2. The van der Waals surface area contributed by atoms with Crippen molar-refractivity contribution >= 4 is 15.7 Å². The first-order valence-electron chi connectivity index (χ1n) is 7.94. The molecule has 1 heterocycles. The van der Waals surface area contributed by atoms with Crippen molar-refractivity contribution in [3.8, 4) is 0 Å². The number of anilines is 1. The number of hydrogen-bond acceptors (Lipinski definition) is 3. The van der Waals surface area contributed by atoms with Crippen molar-refractivity contribution in [3.05, 3.63) is 23.8 Å². The SMILES string of the molecule is CCc1ccc(N)cc1S(=O)(=O)N1CCCC2CCCC21. The van der Waals surface area contributed by atoms with Crippen LogP contribution >= 0.6 is 0 Å². The van der Waals surface area contributed by atoms with Gasteiger partial charge in [0, 0.05) is 18.3 Å². The van der Waals surface area contributed by atoms with Gasteiger partial charge < -0.3 is 5.73 Å². The van der Waals surface area contributed by atoms with Crippen LogP contribution in [0.15, 0.2) is 23.1 Å². The third kappa shape index (κ3) is 2.57. The van der Waals surface area contributed by atoms with Crippen LogP contribution in [0.5, 0.6) is 0 Å². The van der Waals surface area contributed by atoms with Gasteiger partial charge in [-0.15, -0.1) is 0 Å². The molecule has 4 nitrogen and oxygen atoms in total. The Hall–Kier alpha value is -1.07. The summed E-state index contributed by atoms with van der Waals surface area (Å²) < 4.78 is 28.0. The molecule has 2 atom stereocenters. The highest BCUT2D eigenvalue weighted by Crippen LogP contribution is 2.40. The molecular weight excluding hydrogens is 284 g/mol. The Morgan fingerprint density at radius 1 is 1.24 bits per heavy atom. The number of benzene rings is 1. The first-order valence-corrected chi connectivity index (χ1v) is 9.38. The van der Waals surface area contributed by atoms with E-state index in [1.165, 1.54) is 12.8 Å². The number of sulfonamides is 1. The molecule has 1 aromatic carbocycles. The quantitative estimate of drug-likeness (QED) is 0.873. The lowest BCUT2D eigenvalue weighted by molar-refractivity contribution is 0.202. The minimum absolute atomic E-state index is 0.204. The van der Waals surface area contributed by atoms with Crippen LogP contribution < -0.4 is 5.73 Å². The number of nitrogens with zero attached hydrogens (tertiary/aromatic N) is 1. The Labute approximate surface area is 127 Å². The van der Waals surface area contributed by atoms with Crippen LogP contribution in [0.1, 0.15) is 44.6 Å². The van der Waals surface area contributed by atoms with Crippen LogP contribution in [0, 0.1) is 5.92 Å². The molecule has 2 aliphatic rings. The second-order valence-corrected chi connectivity index (χ2v) is 8.10. The molecule has 1 saturated heterocycles. The molecule has 1 aromatic rings. The molecule has 0 amide bonds. The van der Waals surface area contributed by atoms with E-state index in [0.717, 1.165) is 24.8 Å². The summed E-state index contributed by atoms with van der Waals surface area (Å²) in [5.74, 6) is 0.555. The van der Waals surface area contributed by atoms with Crippen LogP contribution in [0.25, 0.3) is 0 Å². The molecule has 21 heavy (non-hydrogen) atoms. The second-order valence-electron chi connectivity index (χ2n) is 6.24. The van der Waals surface area contributed by atoms with E-state index in [0.29, 0.717) is 29.5 Å². The van der Waals surface area contributed by atoms with Gasteiger partial charge in [0.2, 0.25) is 10.0 Å². The van der Waals surface area contributed by atoms with Crippen LogP contribution in [-0.2, 0) is 16.4 Å². The number of piperidine rings is 1. The first kappa shape index (κ1) is 14.9. The van der Waals surface area contributed by atoms with Crippen LogP contribution in [-0.4, -0.2) is 25.3 Å². The van der Waals surface area contributed by atoms with Gasteiger partial charge >= 0.3 is 0 Å². The van der Waals surface area contributed by atoms with Gasteiger partial charge in [0.05, 0.1) is 4.90 Å². The van der Waals surface area contributed by atoms with Gasteiger partial charge in [-0.3, -0.25) is 0 Å². The monoisotopic (exact) mass is 308 g/mol. The van der Waals surface area contributed by atoms with E-state index in [-0.39, 0.29) is 6.04 Å². The second kappa shape index (κ2) is 5.61. The third-order valence-corrected chi connectivity index (χ3v) is 7.01. The molecule has 2 fully saturated rings. The van der Waals surface area contributed by atoms with E-state index in [4.69, 9.17) is 5.73 Å². The summed E-state index contributed by atoms with van der Waals surface area (Å²) in [7, 11) is -3.43. The van der Waals surface area contributed by atoms with Gasteiger partial charge in [-0.05, 0) is 55.7 Å². The molecule has 0 radical (unpaired) electrons. The Kier molecular flexibility index (Phi) is 3.97. The maximum atomic E-state index is 13.1. The Balaban J connectivity index is 2.02. The minimum atomic E-state index is -3.43. The van der Waals surface area contributed by atoms with E-state index in [1.54, 1.807) is 16.4 Å². The molecule has 3 rings (SSSR count). The summed E-state index contributed by atoms with van der Waals surface area (Å²) in [5.41, 5.74) is 7.22. The molecule has 1 aliphatic carbocycles. The fraction of sp³-hybridized carbons (Fsp3) is 0.625. The lowest BCUT2D eigenvalue weighted by Crippen LogP contribution is -2.46. The molecule has 1 saturated carbocycles. The largest absolute Gasteiger partial charge is 0.399 e. The van der Waals surface area contributed by atoms with Gasteiger partial charge in [-0.1, -0.05) is 19.4 Å². The number of fused-ring (bicyclic) bond motifs is 1. The number of nitrogens with two attached hydrogens (primary N) is 1. The fourth-order valence-corrected chi connectivity index (χ4v) is 6.02. The zero-order chi connectivity index (χ0) is 15.0. The average molecular weight is 308 g/mol.